The monoisotopic (exact) mass is 218 g/mol. The molecule has 2 nitrogen and oxygen atoms in total. The molecule has 1 aromatic rings. The highest BCUT2D eigenvalue weighted by Gasteiger charge is 2.34. The standard InChI is InChI=1S/C14H18O2/c1-5-11-7-6-10(2)8-12(11)13-9-15-14(3,4)16-13/h5-8,13H,1,9H2,2-4H3/t13-/m1/s1. The number of ether oxygens (including phenoxy) is 2. The summed E-state index contributed by atoms with van der Waals surface area (Å²) in [6.07, 6.45) is 1.88. The summed E-state index contributed by atoms with van der Waals surface area (Å²) in [7, 11) is 0. The Morgan fingerprint density at radius 1 is 1.44 bits per heavy atom. The van der Waals surface area contributed by atoms with Crippen LogP contribution in [0.4, 0.5) is 0 Å². The molecule has 0 amide bonds. The smallest absolute Gasteiger partial charge is 0.163 e. The average Bonchev–Trinajstić information content (AvgIpc) is 2.59. The highest BCUT2D eigenvalue weighted by atomic mass is 16.7. The van der Waals surface area contributed by atoms with Crippen LogP contribution >= 0.6 is 0 Å². The SMILES string of the molecule is C=Cc1ccc(C)cc1[C@H]1COC(C)(C)O1. The molecule has 1 aliphatic rings. The van der Waals surface area contributed by atoms with E-state index in [2.05, 4.69) is 31.7 Å². The van der Waals surface area contributed by atoms with Crippen molar-refractivity contribution in [2.45, 2.75) is 32.7 Å². The van der Waals surface area contributed by atoms with Gasteiger partial charge in [0.05, 0.1) is 6.61 Å². The lowest BCUT2D eigenvalue weighted by atomic mass is 10.00. The second-order valence-corrected chi connectivity index (χ2v) is 4.65. The predicted octanol–water partition coefficient (Wildman–Crippen LogP) is 3.46. The van der Waals surface area contributed by atoms with Crippen molar-refractivity contribution in [3.63, 3.8) is 0 Å². The van der Waals surface area contributed by atoms with Gasteiger partial charge in [-0.2, -0.15) is 0 Å². The van der Waals surface area contributed by atoms with Gasteiger partial charge in [0.1, 0.15) is 6.10 Å². The Morgan fingerprint density at radius 3 is 2.75 bits per heavy atom. The maximum absolute atomic E-state index is 5.86. The molecule has 1 heterocycles. The largest absolute Gasteiger partial charge is 0.347 e. The molecule has 1 saturated heterocycles. The molecular weight excluding hydrogens is 200 g/mol. The molecule has 1 aromatic carbocycles. The number of hydrogen-bond donors (Lipinski definition) is 0. The van der Waals surface area contributed by atoms with Gasteiger partial charge in [-0.3, -0.25) is 0 Å². The summed E-state index contributed by atoms with van der Waals surface area (Å²) in [5.41, 5.74) is 3.52. The van der Waals surface area contributed by atoms with Crippen molar-refractivity contribution in [2.24, 2.45) is 0 Å². The van der Waals surface area contributed by atoms with Crippen LogP contribution < -0.4 is 0 Å². The average molecular weight is 218 g/mol. The molecule has 1 atom stereocenters. The van der Waals surface area contributed by atoms with Crippen LogP contribution in [0.25, 0.3) is 6.08 Å². The van der Waals surface area contributed by atoms with Gasteiger partial charge in [0.2, 0.25) is 0 Å². The van der Waals surface area contributed by atoms with E-state index in [0.29, 0.717) is 6.61 Å². The molecule has 1 aliphatic heterocycles. The van der Waals surface area contributed by atoms with E-state index in [0.717, 1.165) is 5.56 Å². The fourth-order valence-corrected chi connectivity index (χ4v) is 2.00. The lowest BCUT2D eigenvalue weighted by Gasteiger charge is -2.18. The summed E-state index contributed by atoms with van der Waals surface area (Å²) in [6.45, 7) is 10.4. The van der Waals surface area contributed by atoms with Gasteiger partial charge in [-0.15, -0.1) is 0 Å². The molecule has 0 unspecified atom stereocenters. The van der Waals surface area contributed by atoms with Crippen molar-refractivity contribution in [2.75, 3.05) is 6.61 Å². The fourth-order valence-electron chi connectivity index (χ4n) is 2.00. The third-order valence-corrected chi connectivity index (χ3v) is 2.82. The summed E-state index contributed by atoms with van der Waals surface area (Å²) in [5, 5.41) is 0. The van der Waals surface area contributed by atoms with Crippen molar-refractivity contribution in [3.8, 4) is 0 Å². The summed E-state index contributed by atoms with van der Waals surface area (Å²) in [5.74, 6) is -0.479. The fraction of sp³-hybridized carbons (Fsp3) is 0.429. The summed E-state index contributed by atoms with van der Waals surface area (Å²) in [6, 6.07) is 6.31. The number of benzene rings is 1. The van der Waals surface area contributed by atoms with E-state index in [-0.39, 0.29) is 6.10 Å². The minimum Gasteiger partial charge on any atom is -0.347 e. The molecular formula is C14H18O2. The van der Waals surface area contributed by atoms with Gasteiger partial charge in [-0.1, -0.05) is 36.4 Å². The van der Waals surface area contributed by atoms with Crippen LogP contribution in [0.5, 0.6) is 0 Å². The Morgan fingerprint density at radius 2 is 2.19 bits per heavy atom. The Hall–Kier alpha value is -1.12. The van der Waals surface area contributed by atoms with Crippen LogP contribution in [-0.4, -0.2) is 12.4 Å². The molecule has 0 aromatic heterocycles. The van der Waals surface area contributed by atoms with E-state index in [1.165, 1.54) is 11.1 Å². The van der Waals surface area contributed by atoms with Crippen molar-refractivity contribution < 1.29 is 9.47 Å². The van der Waals surface area contributed by atoms with Gasteiger partial charge in [0, 0.05) is 0 Å². The second-order valence-electron chi connectivity index (χ2n) is 4.65. The minimum absolute atomic E-state index is 0.0166. The molecule has 0 saturated carbocycles. The molecule has 0 radical (unpaired) electrons. The Bertz CT molecular complexity index is 407. The minimum atomic E-state index is -0.479. The van der Waals surface area contributed by atoms with Crippen LogP contribution in [0, 0.1) is 6.92 Å². The van der Waals surface area contributed by atoms with Crippen LogP contribution in [0.2, 0.25) is 0 Å². The van der Waals surface area contributed by atoms with E-state index >= 15 is 0 Å². The highest BCUT2D eigenvalue weighted by molar-refractivity contribution is 5.53. The van der Waals surface area contributed by atoms with Crippen molar-refractivity contribution in [1.82, 2.24) is 0 Å². The van der Waals surface area contributed by atoms with E-state index in [4.69, 9.17) is 9.47 Å². The van der Waals surface area contributed by atoms with E-state index in [1.54, 1.807) is 0 Å². The molecule has 0 spiro atoms. The number of aryl methyl sites for hydroxylation is 1. The molecule has 0 N–H and O–H groups in total. The van der Waals surface area contributed by atoms with Crippen molar-refractivity contribution >= 4 is 6.08 Å². The van der Waals surface area contributed by atoms with E-state index in [9.17, 15) is 0 Å². The maximum atomic E-state index is 5.86. The third-order valence-electron chi connectivity index (χ3n) is 2.82. The second kappa shape index (κ2) is 4.04. The predicted molar refractivity (Wildman–Crippen MR) is 65.1 cm³/mol. The Kier molecular flexibility index (Phi) is 2.87. The molecule has 1 fully saturated rings. The first kappa shape index (κ1) is 11.4. The summed E-state index contributed by atoms with van der Waals surface area (Å²) < 4.78 is 11.5. The van der Waals surface area contributed by atoms with E-state index in [1.807, 2.05) is 19.9 Å². The van der Waals surface area contributed by atoms with Crippen LogP contribution in [0.15, 0.2) is 24.8 Å². The lowest BCUT2D eigenvalue weighted by molar-refractivity contribution is -0.139. The van der Waals surface area contributed by atoms with Gasteiger partial charge < -0.3 is 9.47 Å². The molecule has 2 heteroatoms. The van der Waals surface area contributed by atoms with Gasteiger partial charge >= 0.3 is 0 Å². The molecule has 16 heavy (non-hydrogen) atoms. The van der Waals surface area contributed by atoms with Crippen LogP contribution in [0.1, 0.15) is 36.6 Å². The van der Waals surface area contributed by atoms with Gasteiger partial charge in [0.15, 0.2) is 5.79 Å². The van der Waals surface area contributed by atoms with Gasteiger partial charge in [-0.25, -0.2) is 0 Å². The van der Waals surface area contributed by atoms with Crippen LogP contribution in [-0.2, 0) is 9.47 Å². The van der Waals surface area contributed by atoms with Crippen molar-refractivity contribution in [3.05, 3.63) is 41.5 Å². The van der Waals surface area contributed by atoms with Crippen molar-refractivity contribution in [1.29, 1.82) is 0 Å². The first-order valence-corrected chi connectivity index (χ1v) is 5.56. The molecule has 0 aliphatic carbocycles. The molecule has 86 valence electrons. The maximum Gasteiger partial charge on any atom is 0.163 e. The zero-order valence-electron chi connectivity index (χ0n) is 10.1. The first-order chi connectivity index (χ1) is 7.52. The number of rotatable bonds is 2. The zero-order chi connectivity index (χ0) is 11.8. The third kappa shape index (κ3) is 2.18. The Balaban J connectivity index is 2.33. The topological polar surface area (TPSA) is 18.5 Å². The zero-order valence-corrected chi connectivity index (χ0v) is 10.1. The summed E-state index contributed by atoms with van der Waals surface area (Å²) >= 11 is 0. The molecule has 0 bridgehead atoms. The summed E-state index contributed by atoms with van der Waals surface area (Å²) in [4.78, 5) is 0. The number of hydrogen-bond acceptors (Lipinski definition) is 2. The quantitative estimate of drug-likeness (QED) is 0.756. The van der Waals surface area contributed by atoms with Gasteiger partial charge in [0.25, 0.3) is 0 Å². The highest BCUT2D eigenvalue weighted by Crippen LogP contribution is 2.34. The van der Waals surface area contributed by atoms with Crippen LogP contribution in [0.3, 0.4) is 0 Å². The first-order valence-electron chi connectivity index (χ1n) is 5.56. The Labute approximate surface area is 96.9 Å². The molecule has 2 rings (SSSR count). The van der Waals surface area contributed by atoms with E-state index < -0.39 is 5.79 Å². The normalized spacial score (nSPS) is 23.3. The lowest BCUT2D eigenvalue weighted by Crippen LogP contribution is -2.19. The van der Waals surface area contributed by atoms with Gasteiger partial charge in [-0.05, 0) is 31.9 Å².